The van der Waals surface area contributed by atoms with Gasteiger partial charge in [-0.25, -0.2) is 0 Å². The van der Waals surface area contributed by atoms with Gasteiger partial charge in [-0.05, 0) is 38.1 Å². The molecule has 0 bridgehead atoms. The minimum absolute atomic E-state index is 0.0231. The smallest absolute Gasteiger partial charge is 0.307 e. The number of esters is 1. The number of ether oxygens (including phenoxy) is 2. The van der Waals surface area contributed by atoms with Gasteiger partial charge in [0.1, 0.15) is 6.10 Å². The number of methoxy groups -OCH3 is 1. The second-order valence-electron chi connectivity index (χ2n) is 7.84. The molecular formula is C20H37NO3. The van der Waals surface area contributed by atoms with E-state index in [2.05, 4.69) is 39.5 Å². The zero-order valence-electron chi connectivity index (χ0n) is 16.5. The number of hydrogen-bond acceptors (Lipinski definition) is 4. The van der Waals surface area contributed by atoms with Gasteiger partial charge in [0, 0.05) is 25.1 Å². The van der Waals surface area contributed by atoms with E-state index < -0.39 is 0 Å². The van der Waals surface area contributed by atoms with Crippen LogP contribution in [-0.4, -0.2) is 48.3 Å². The van der Waals surface area contributed by atoms with Gasteiger partial charge in [0.2, 0.25) is 0 Å². The fraction of sp³-hybridized carbons (Fsp3) is 0.950. The van der Waals surface area contributed by atoms with Crippen LogP contribution in [0.25, 0.3) is 0 Å². The van der Waals surface area contributed by atoms with E-state index in [4.69, 9.17) is 9.47 Å². The Morgan fingerprint density at radius 2 is 2.00 bits per heavy atom. The topological polar surface area (TPSA) is 38.8 Å². The second kappa shape index (κ2) is 8.18. The molecule has 0 aromatic heterocycles. The van der Waals surface area contributed by atoms with Crippen molar-refractivity contribution in [3.8, 4) is 0 Å². The Bertz CT molecular complexity index is 413. The van der Waals surface area contributed by atoms with Gasteiger partial charge in [-0.3, -0.25) is 9.69 Å². The molecule has 0 unspecified atom stereocenters. The quantitative estimate of drug-likeness (QED) is 0.657. The number of cyclic esters (lactones) is 1. The molecule has 2 aliphatic heterocycles. The van der Waals surface area contributed by atoms with Crippen LogP contribution >= 0.6 is 0 Å². The predicted molar refractivity (Wildman–Crippen MR) is 97.0 cm³/mol. The molecule has 0 aromatic rings. The Labute approximate surface area is 148 Å². The first-order valence-corrected chi connectivity index (χ1v) is 9.94. The van der Waals surface area contributed by atoms with Gasteiger partial charge in [0.15, 0.2) is 0 Å². The summed E-state index contributed by atoms with van der Waals surface area (Å²) in [6.07, 6.45) is 6.01. The second-order valence-corrected chi connectivity index (χ2v) is 7.84. The molecule has 2 saturated heterocycles. The molecule has 5 atom stereocenters. The van der Waals surface area contributed by atoms with Crippen molar-refractivity contribution in [2.75, 3.05) is 13.7 Å². The fourth-order valence-electron chi connectivity index (χ4n) is 5.07. The van der Waals surface area contributed by atoms with E-state index in [9.17, 15) is 4.79 Å². The third-order valence-corrected chi connectivity index (χ3v) is 6.90. The van der Waals surface area contributed by atoms with Gasteiger partial charge in [-0.1, -0.05) is 41.0 Å². The van der Waals surface area contributed by atoms with Gasteiger partial charge >= 0.3 is 5.97 Å². The average molecular weight is 340 g/mol. The highest BCUT2D eigenvalue weighted by atomic mass is 16.5. The zero-order valence-corrected chi connectivity index (χ0v) is 16.5. The lowest BCUT2D eigenvalue weighted by atomic mass is 9.80. The van der Waals surface area contributed by atoms with E-state index in [1.54, 1.807) is 0 Å². The van der Waals surface area contributed by atoms with Crippen LogP contribution in [0.1, 0.15) is 73.1 Å². The van der Waals surface area contributed by atoms with Crippen molar-refractivity contribution in [1.82, 2.24) is 4.90 Å². The Kier molecular flexibility index (Phi) is 6.72. The van der Waals surface area contributed by atoms with Crippen molar-refractivity contribution in [3.63, 3.8) is 0 Å². The van der Waals surface area contributed by atoms with Crippen LogP contribution in [0.15, 0.2) is 0 Å². The molecule has 4 nitrogen and oxygen atoms in total. The zero-order chi connectivity index (χ0) is 17.9. The van der Waals surface area contributed by atoms with Crippen LogP contribution in [0.4, 0.5) is 0 Å². The summed E-state index contributed by atoms with van der Waals surface area (Å²) in [6, 6.07) is 0.693. The summed E-state index contributed by atoms with van der Waals surface area (Å²) in [5.41, 5.74) is -0.0938. The molecule has 0 N–H and O–H groups in total. The lowest BCUT2D eigenvalue weighted by Crippen LogP contribution is -2.58. The standard InChI is InChI=1S/C20H37NO3/c1-7-14(4)19-15(5)16(13-18(22)24-19)21-12-10-11-17(21)20(8-2,9-3)23-6/h14-17,19H,7-13H2,1-6H3/t14-,15+,16+,17-,19+/m0/s1. The molecule has 2 aliphatic rings. The summed E-state index contributed by atoms with van der Waals surface area (Å²) < 4.78 is 11.8. The van der Waals surface area contributed by atoms with Gasteiger partial charge in [-0.2, -0.15) is 0 Å². The van der Waals surface area contributed by atoms with Crippen molar-refractivity contribution >= 4 is 5.97 Å². The molecule has 24 heavy (non-hydrogen) atoms. The molecule has 4 heteroatoms. The molecule has 2 rings (SSSR count). The molecule has 0 amide bonds. The molecule has 2 heterocycles. The van der Waals surface area contributed by atoms with Crippen molar-refractivity contribution in [3.05, 3.63) is 0 Å². The Morgan fingerprint density at radius 1 is 1.33 bits per heavy atom. The summed E-state index contributed by atoms with van der Waals surface area (Å²) in [5, 5.41) is 0. The number of carbonyl (C=O) groups is 1. The third kappa shape index (κ3) is 3.50. The lowest BCUT2D eigenvalue weighted by Gasteiger charge is -2.48. The van der Waals surface area contributed by atoms with Crippen LogP contribution in [0.2, 0.25) is 0 Å². The molecule has 0 aliphatic carbocycles. The predicted octanol–water partition coefficient (Wildman–Crippen LogP) is 4.02. The third-order valence-electron chi connectivity index (χ3n) is 6.90. The maximum atomic E-state index is 12.3. The van der Waals surface area contributed by atoms with E-state index in [0.29, 0.717) is 24.3 Å². The van der Waals surface area contributed by atoms with Crippen molar-refractivity contribution in [2.24, 2.45) is 11.8 Å². The molecule has 0 spiro atoms. The van der Waals surface area contributed by atoms with Crippen molar-refractivity contribution < 1.29 is 14.3 Å². The highest BCUT2D eigenvalue weighted by Gasteiger charge is 2.49. The Hall–Kier alpha value is -0.610. The molecule has 0 radical (unpaired) electrons. The van der Waals surface area contributed by atoms with Gasteiger partial charge in [0.05, 0.1) is 12.0 Å². The minimum Gasteiger partial charge on any atom is -0.462 e. The fourth-order valence-corrected chi connectivity index (χ4v) is 5.07. The first kappa shape index (κ1) is 19.7. The van der Waals surface area contributed by atoms with Crippen LogP contribution in [0, 0.1) is 11.8 Å². The van der Waals surface area contributed by atoms with Gasteiger partial charge in [0.25, 0.3) is 0 Å². The Morgan fingerprint density at radius 3 is 2.54 bits per heavy atom. The summed E-state index contributed by atoms with van der Waals surface area (Å²) in [4.78, 5) is 14.9. The maximum absolute atomic E-state index is 12.3. The Balaban J connectivity index is 2.25. The lowest BCUT2D eigenvalue weighted by molar-refractivity contribution is -0.172. The van der Waals surface area contributed by atoms with E-state index >= 15 is 0 Å². The monoisotopic (exact) mass is 339 g/mol. The maximum Gasteiger partial charge on any atom is 0.307 e. The van der Waals surface area contributed by atoms with Crippen molar-refractivity contribution in [2.45, 2.75) is 96.9 Å². The first-order valence-electron chi connectivity index (χ1n) is 9.94. The largest absolute Gasteiger partial charge is 0.462 e. The van der Waals surface area contributed by atoms with E-state index in [1.165, 1.54) is 12.8 Å². The summed E-state index contributed by atoms with van der Waals surface area (Å²) >= 11 is 0. The normalized spacial score (nSPS) is 33.5. The molecule has 0 saturated carbocycles. The van der Waals surface area contributed by atoms with Crippen molar-refractivity contribution in [1.29, 1.82) is 0 Å². The SMILES string of the molecule is CC[C@H](C)[C@H]1OC(=O)C[C@@H](N2CCC[C@H]2C(CC)(CC)OC)[C@H]1C. The molecule has 0 aromatic carbocycles. The van der Waals surface area contributed by atoms with Crippen LogP contribution < -0.4 is 0 Å². The van der Waals surface area contributed by atoms with E-state index in [0.717, 1.165) is 25.8 Å². The minimum atomic E-state index is -0.0938. The van der Waals surface area contributed by atoms with E-state index in [1.807, 2.05) is 7.11 Å². The summed E-state index contributed by atoms with van der Waals surface area (Å²) in [7, 11) is 1.85. The van der Waals surface area contributed by atoms with Gasteiger partial charge < -0.3 is 9.47 Å². The van der Waals surface area contributed by atoms with Crippen LogP contribution in [-0.2, 0) is 14.3 Å². The van der Waals surface area contributed by atoms with Gasteiger partial charge in [-0.15, -0.1) is 0 Å². The van der Waals surface area contributed by atoms with E-state index in [-0.39, 0.29) is 23.7 Å². The first-order chi connectivity index (χ1) is 11.4. The number of rotatable bonds is 7. The summed E-state index contributed by atoms with van der Waals surface area (Å²) in [6.45, 7) is 12.2. The highest BCUT2D eigenvalue weighted by Crippen LogP contribution is 2.40. The molecular weight excluding hydrogens is 302 g/mol. The number of hydrogen-bond donors (Lipinski definition) is 0. The van der Waals surface area contributed by atoms with Crippen LogP contribution in [0.3, 0.4) is 0 Å². The number of carbonyl (C=O) groups excluding carboxylic acids is 1. The summed E-state index contributed by atoms with van der Waals surface area (Å²) in [5.74, 6) is 0.768. The number of nitrogens with zero attached hydrogens (tertiary/aromatic N) is 1. The molecule has 2 fully saturated rings. The molecule has 140 valence electrons. The number of likely N-dealkylation sites (tertiary alicyclic amines) is 1. The average Bonchev–Trinajstić information content (AvgIpc) is 3.08. The van der Waals surface area contributed by atoms with Crippen LogP contribution in [0.5, 0.6) is 0 Å². The highest BCUT2D eigenvalue weighted by molar-refractivity contribution is 5.71.